The molecule has 0 fully saturated rings. The predicted molar refractivity (Wildman–Crippen MR) is 117 cm³/mol. The fourth-order valence-electron chi connectivity index (χ4n) is 3.09. The molecule has 0 spiro atoms. The van der Waals surface area contributed by atoms with E-state index in [9.17, 15) is 31.9 Å². The van der Waals surface area contributed by atoms with Crippen LogP contribution in [0.2, 0.25) is 5.02 Å². The van der Waals surface area contributed by atoms with E-state index < -0.39 is 40.6 Å². The summed E-state index contributed by atoms with van der Waals surface area (Å²) in [6.07, 6.45) is -5.00. The van der Waals surface area contributed by atoms with Gasteiger partial charge in [-0.05, 0) is 12.1 Å². The molecule has 0 unspecified atom stereocenters. The number of methoxy groups -OCH3 is 3. The highest BCUT2D eigenvalue weighted by Crippen LogP contribution is 2.33. The van der Waals surface area contributed by atoms with E-state index in [1.807, 2.05) is 0 Å². The van der Waals surface area contributed by atoms with Crippen LogP contribution in [0, 0.1) is 5.82 Å². The molecule has 0 saturated heterocycles. The van der Waals surface area contributed by atoms with Crippen molar-refractivity contribution in [1.29, 1.82) is 0 Å². The lowest BCUT2D eigenvalue weighted by atomic mass is 10.2. The van der Waals surface area contributed by atoms with Gasteiger partial charge >= 0.3 is 17.8 Å². The molecule has 1 N–H and O–H groups in total. The van der Waals surface area contributed by atoms with Gasteiger partial charge in [0.25, 0.3) is 11.4 Å². The molecular formula is C20H16ClF4N5O6. The first-order valence-corrected chi connectivity index (χ1v) is 9.96. The number of esters is 1. The Morgan fingerprint density at radius 2 is 1.75 bits per heavy atom. The van der Waals surface area contributed by atoms with Crippen LogP contribution in [-0.4, -0.2) is 46.4 Å². The monoisotopic (exact) mass is 533 g/mol. The SMILES string of the molecule is COC(=O)c1nc(Nc2cc(-n3c(=O)cc(C(F)(F)F)n(C)c3=O)c(F)cc2Cl)nc(OC)c1OC. The van der Waals surface area contributed by atoms with Gasteiger partial charge in [0.05, 0.1) is 37.7 Å². The van der Waals surface area contributed by atoms with E-state index >= 15 is 0 Å². The van der Waals surface area contributed by atoms with Crippen LogP contribution in [0.4, 0.5) is 29.2 Å². The molecule has 0 atom stereocenters. The third-order valence-electron chi connectivity index (χ3n) is 4.75. The van der Waals surface area contributed by atoms with Crippen molar-refractivity contribution in [3.8, 4) is 17.3 Å². The van der Waals surface area contributed by atoms with E-state index in [0.29, 0.717) is 6.07 Å². The summed E-state index contributed by atoms with van der Waals surface area (Å²) in [6, 6.07) is 1.75. The first-order valence-electron chi connectivity index (χ1n) is 9.59. The maximum absolute atomic E-state index is 14.7. The van der Waals surface area contributed by atoms with Crippen LogP contribution in [0.25, 0.3) is 5.69 Å². The molecule has 192 valence electrons. The van der Waals surface area contributed by atoms with E-state index in [0.717, 1.165) is 20.2 Å². The van der Waals surface area contributed by atoms with E-state index in [1.54, 1.807) is 0 Å². The molecule has 0 saturated carbocycles. The largest absolute Gasteiger partial charge is 0.489 e. The molecule has 3 aromatic rings. The third-order valence-corrected chi connectivity index (χ3v) is 5.06. The lowest BCUT2D eigenvalue weighted by Crippen LogP contribution is -2.41. The van der Waals surface area contributed by atoms with Crippen LogP contribution in [0.3, 0.4) is 0 Å². The van der Waals surface area contributed by atoms with E-state index in [2.05, 4.69) is 20.0 Å². The van der Waals surface area contributed by atoms with Gasteiger partial charge in [0, 0.05) is 13.1 Å². The van der Waals surface area contributed by atoms with E-state index in [-0.39, 0.29) is 49.2 Å². The second-order valence-corrected chi connectivity index (χ2v) is 7.29. The van der Waals surface area contributed by atoms with Crippen LogP contribution < -0.4 is 26.0 Å². The van der Waals surface area contributed by atoms with Crippen molar-refractivity contribution in [3.05, 3.63) is 61.3 Å². The van der Waals surface area contributed by atoms with Crippen molar-refractivity contribution < 1.29 is 36.6 Å². The Bertz CT molecular complexity index is 1470. The maximum atomic E-state index is 14.7. The maximum Gasteiger partial charge on any atom is 0.431 e. The Labute approximate surface area is 203 Å². The van der Waals surface area contributed by atoms with Crippen LogP contribution in [-0.2, 0) is 18.0 Å². The lowest BCUT2D eigenvalue weighted by molar-refractivity contribution is -0.144. The summed E-state index contributed by atoms with van der Waals surface area (Å²) >= 11 is 6.07. The number of halogens is 5. The molecule has 0 bridgehead atoms. The topological polar surface area (TPSA) is 127 Å². The number of alkyl halides is 3. The Morgan fingerprint density at radius 1 is 1.08 bits per heavy atom. The smallest absolute Gasteiger partial charge is 0.431 e. The number of ether oxygens (including phenoxy) is 3. The first-order chi connectivity index (χ1) is 16.8. The summed E-state index contributed by atoms with van der Waals surface area (Å²) in [5, 5.41) is 2.29. The van der Waals surface area contributed by atoms with Gasteiger partial charge in [0.2, 0.25) is 11.7 Å². The van der Waals surface area contributed by atoms with Gasteiger partial charge < -0.3 is 19.5 Å². The minimum absolute atomic E-state index is 0.152. The minimum atomic E-state index is -5.00. The number of nitrogens with one attached hydrogen (secondary N) is 1. The number of hydrogen-bond donors (Lipinski definition) is 1. The molecule has 0 amide bonds. The number of rotatable bonds is 6. The highest BCUT2D eigenvalue weighted by molar-refractivity contribution is 6.33. The molecule has 2 aromatic heterocycles. The molecule has 0 aliphatic rings. The Kier molecular flexibility index (Phi) is 7.24. The predicted octanol–water partition coefficient (Wildman–Crippen LogP) is 2.68. The summed E-state index contributed by atoms with van der Waals surface area (Å²) in [7, 11) is 4.33. The van der Waals surface area contributed by atoms with Crippen LogP contribution in [0.15, 0.2) is 27.8 Å². The minimum Gasteiger partial charge on any atom is -0.489 e. The highest BCUT2D eigenvalue weighted by Gasteiger charge is 2.35. The lowest BCUT2D eigenvalue weighted by Gasteiger charge is -2.16. The number of carbonyl (C=O) groups is 1. The van der Waals surface area contributed by atoms with Crippen molar-refractivity contribution in [3.63, 3.8) is 0 Å². The van der Waals surface area contributed by atoms with Crippen molar-refractivity contribution in [2.45, 2.75) is 6.18 Å². The summed E-state index contributed by atoms with van der Waals surface area (Å²) in [4.78, 5) is 45.0. The number of anilines is 2. The molecule has 0 radical (unpaired) electrons. The number of carbonyl (C=O) groups excluding carboxylic acids is 1. The second kappa shape index (κ2) is 9.85. The van der Waals surface area contributed by atoms with Gasteiger partial charge in [-0.2, -0.15) is 18.2 Å². The van der Waals surface area contributed by atoms with E-state index in [1.165, 1.54) is 14.2 Å². The number of aromatic nitrogens is 4. The van der Waals surface area contributed by atoms with Gasteiger partial charge in [-0.25, -0.2) is 23.5 Å². The van der Waals surface area contributed by atoms with Crippen molar-refractivity contribution in [2.75, 3.05) is 26.6 Å². The molecule has 0 aliphatic heterocycles. The van der Waals surface area contributed by atoms with Crippen molar-refractivity contribution in [2.24, 2.45) is 7.05 Å². The number of benzene rings is 1. The number of nitrogens with zero attached hydrogens (tertiary/aromatic N) is 4. The Morgan fingerprint density at radius 3 is 2.31 bits per heavy atom. The van der Waals surface area contributed by atoms with E-state index in [4.69, 9.17) is 21.1 Å². The normalized spacial score (nSPS) is 11.2. The van der Waals surface area contributed by atoms with Crippen LogP contribution in [0.1, 0.15) is 16.2 Å². The average Bonchev–Trinajstić information content (AvgIpc) is 2.82. The fourth-order valence-corrected chi connectivity index (χ4v) is 3.29. The molecule has 16 heteroatoms. The molecular weight excluding hydrogens is 518 g/mol. The standard InChI is InChI=1S/C20H16ClF4N5O6/c1-29-12(20(23,24)25)7-13(31)30(19(29)33)11-6-10(8(21)5-9(11)22)26-18-27-14(17(32)36-4)15(34-2)16(28-18)35-3/h5-7H,1-4H3,(H,26,27,28). The highest BCUT2D eigenvalue weighted by atomic mass is 35.5. The fraction of sp³-hybridized carbons (Fsp3) is 0.250. The summed E-state index contributed by atoms with van der Waals surface area (Å²) in [6.45, 7) is 0. The van der Waals surface area contributed by atoms with Crippen molar-refractivity contribution >= 4 is 29.2 Å². The Hall–Kier alpha value is -4.14. The zero-order chi connectivity index (χ0) is 26.9. The summed E-state index contributed by atoms with van der Waals surface area (Å²) in [5.74, 6) is -2.77. The number of hydrogen-bond acceptors (Lipinski definition) is 9. The van der Waals surface area contributed by atoms with Crippen molar-refractivity contribution in [1.82, 2.24) is 19.1 Å². The van der Waals surface area contributed by atoms with Gasteiger partial charge in [-0.3, -0.25) is 9.36 Å². The van der Waals surface area contributed by atoms with Crippen LogP contribution >= 0.6 is 11.6 Å². The van der Waals surface area contributed by atoms with Gasteiger partial charge in [0.15, 0.2) is 5.69 Å². The first kappa shape index (κ1) is 26.5. The molecule has 3 rings (SSSR count). The molecule has 2 heterocycles. The second-order valence-electron chi connectivity index (χ2n) is 6.88. The summed E-state index contributed by atoms with van der Waals surface area (Å²) in [5.41, 5.74) is -5.65. The Balaban J connectivity index is 2.19. The molecule has 11 nitrogen and oxygen atoms in total. The van der Waals surface area contributed by atoms with Gasteiger partial charge in [-0.1, -0.05) is 11.6 Å². The zero-order valence-corrected chi connectivity index (χ0v) is 19.6. The quantitative estimate of drug-likeness (QED) is 0.376. The molecule has 36 heavy (non-hydrogen) atoms. The molecule has 1 aromatic carbocycles. The van der Waals surface area contributed by atoms with Gasteiger partial charge in [0.1, 0.15) is 11.5 Å². The van der Waals surface area contributed by atoms with Gasteiger partial charge in [-0.15, -0.1) is 0 Å². The third kappa shape index (κ3) is 4.82. The summed E-state index contributed by atoms with van der Waals surface area (Å²) < 4.78 is 69.3. The zero-order valence-electron chi connectivity index (χ0n) is 18.9. The average molecular weight is 534 g/mol. The molecule has 0 aliphatic carbocycles. The van der Waals surface area contributed by atoms with Crippen LogP contribution in [0.5, 0.6) is 11.6 Å².